The van der Waals surface area contributed by atoms with Crippen molar-refractivity contribution in [2.24, 2.45) is 23.7 Å². The molecule has 33 heavy (non-hydrogen) atoms. The zero-order valence-electron chi connectivity index (χ0n) is 19.6. The van der Waals surface area contributed by atoms with Gasteiger partial charge in [-0.1, -0.05) is 49.4 Å². The van der Waals surface area contributed by atoms with Crippen molar-refractivity contribution in [2.75, 3.05) is 0 Å². The van der Waals surface area contributed by atoms with Crippen LogP contribution in [0.1, 0.15) is 57.7 Å². The van der Waals surface area contributed by atoms with E-state index in [0.717, 1.165) is 25.0 Å². The van der Waals surface area contributed by atoms with Crippen LogP contribution in [-0.4, -0.2) is 39.0 Å². The van der Waals surface area contributed by atoms with Gasteiger partial charge in [0.25, 0.3) is 0 Å². The zero-order valence-corrected chi connectivity index (χ0v) is 19.6. The molecule has 1 aromatic heterocycles. The van der Waals surface area contributed by atoms with E-state index in [9.17, 15) is 0 Å². The number of nitrogens with zero attached hydrogens (tertiary/aromatic N) is 3. The van der Waals surface area contributed by atoms with Crippen molar-refractivity contribution in [3.63, 3.8) is 0 Å². The van der Waals surface area contributed by atoms with Crippen LogP contribution < -0.4 is 0 Å². The third kappa shape index (κ3) is 3.63. The molecule has 4 saturated heterocycles. The molecule has 5 fully saturated rings. The first-order valence-corrected chi connectivity index (χ1v) is 12.2. The molecule has 1 saturated carbocycles. The van der Waals surface area contributed by atoms with Gasteiger partial charge < -0.3 is 14.2 Å². The summed E-state index contributed by atoms with van der Waals surface area (Å²) in [5, 5.41) is 8.55. The molecule has 0 radical (unpaired) electrons. The van der Waals surface area contributed by atoms with E-state index in [1.54, 1.807) is 0 Å². The Balaban J connectivity index is 1.17. The van der Waals surface area contributed by atoms with Crippen molar-refractivity contribution in [1.29, 1.82) is 0 Å². The monoisotopic (exact) mass is 455 g/mol. The normalized spacial score (nSPS) is 42.0. The van der Waals surface area contributed by atoms with E-state index in [-0.39, 0.29) is 11.8 Å². The van der Waals surface area contributed by atoms with Crippen molar-refractivity contribution >= 4 is 0 Å². The van der Waals surface area contributed by atoms with Crippen LogP contribution in [0.25, 0.3) is 0 Å². The Morgan fingerprint density at radius 3 is 2.79 bits per heavy atom. The molecule has 4 aliphatic heterocycles. The molecule has 1 aromatic carbocycles. The molecule has 7 rings (SSSR count). The summed E-state index contributed by atoms with van der Waals surface area (Å²) in [5.74, 6) is 0.517. The van der Waals surface area contributed by atoms with Gasteiger partial charge >= 0.3 is 0 Å². The molecule has 2 bridgehead atoms. The average Bonchev–Trinajstić information content (AvgIpc) is 3.13. The summed E-state index contributed by atoms with van der Waals surface area (Å²) in [6.45, 7) is 7.48. The Hall–Kier alpha value is -1.84. The fraction of sp³-hybridized carbons (Fsp3) is 0.680. The smallest absolute Gasteiger partial charge is 0.201 e. The molecule has 0 amide bonds. The van der Waals surface area contributed by atoms with Gasteiger partial charge in [0.05, 0.1) is 19.3 Å². The summed E-state index contributed by atoms with van der Waals surface area (Å²) in [5.41, 5.74) is 1.40. The molecule has 0 N–H and O–H groups in total. The Labute approximate surface area is 194 Å². The first kappa shape index (κ1) is 21.7. The third-order valence-electron chi connectivity index (χ3n) is 8.27. The van der Waals surface area contributed by atoms with E-state index in [4.69, 9.17) is 24.0 Å². The molecule has 178 valence electrons. The molecule has 5 aliphatic rings. The molecule has 1 spiro atoms. The maximum absolute atomic E-state index is 6.48. The van der Waals surface area contributed by atoms with Crippen LogP contribution in [0.5, 0.6) is 0 Å². The highest BCUT2D eigenvalue weighted by Gasteiger charge is 2.69. The standard InChI is InChI=1S/C25H33N3O5/c1-16-9-10-21-17(2)22(30-23-25(21)20(16)11-12-24(3,31-23)32-33-25)29-15-19-14-28(27-26-19)13-18-7-5-4-6-8-18/h4-8,14,16-17,20-23H,9-13,15H2,1-3H3/t16-,17-,20+,21+,22?,23-,24+,25-/m1/s1. The van der Waals surface area contributed by atoms with Crippen LogP contribution in [0.3, 0.4) is 0 Å². The predicted octanol–water partition coefficient (Wildman–Crippen LogP) is 4.05. The Kier molecular flexibility index (Phi) is 5.34. The van der Waals surface area contributed by atoms with Gasteiger partial charge in [-0.05, 0) is 43.6 Å². The highest BCUT2D eigenvalue weighted by atomic mass is 17.3. The minimum Gasteiger partial charge on any atom is -0.346 e. The SMILES string of the molecule is C[C@@H]1CC[C@H]2[C@@H](C)C(OCc3cn(Cc4ccccc4)nn3)O[C@@H]3O[C@]4(C)CC[C@@H]1[C@]32OO4. The number of benzene rings is 1. The molecular weight excluding hydrogens is 422 g/mol. The fourth-order valence-corrected chi connectivity index (χ4v) is 6.48. The largest absolute Gasteiger partial charge is 0.346 e. The summed E-state index contributed by atoms with van der Waals surface area (Å²) < 4.78 is 21.0. The number of ether oxygens (including phenoxy) is 3. The topological polar surface area (TPSA) is 76.9 Å². The molecule has 8 heteroatoms. The number of fused-ring (bicyclic) bond motifs is 2. The van der Waals surface area contributed by atoms with E-state index in [2.05, 4.69) is 36.3 Å². The molecule has 8 nitrogen and oxygen atoms in total. The van der Waals surface area contributed by atoms with Crippen LogP contribution in [0.4, 0.5) is 0 Å². The van der Waals surface area contributed by atoms with Gasteiger partial charge in [-0.25, -0.2) is 14.5 Å². The van der Waals surface area contributed by atoms with Crippen molar-refractivity contribution in [3.8, 4) is 0 Å². The van der Waals surface area contributed by atoms with Crippen molar-refractivity contribution in [3.05, 3.63) is 47.8 Å². The summed E-state index contributed by atoms with van der Waals surface area (Å²) in [4.78, 5) is 12.1. The van der Waals surface area contributed by atoms with Gasteiger partial charge in [0, 0.05) is 18.3 Å². The fourth-order valence-electron chi connectivity index (χ4n) is 6.48. The van der Waals surface area contributed by atoms with Gasteiger partial charge in [0.2, 0.25) is 5.79 Å². The van der Waals surface area contributed by atoms with Crippen LogP contribution in [0, 0.1) is 23.7 Å². The second-order valence-corrected chi connectivity index (χ2v) is 10.5. The van der Waals surface area contributed by atoms with Crippen molar-refractivity contribution in [1.82, 2.24) is 15.0 Å². The first-order valence-electron chi connectivity index (χ1n) is 12.2. The molecule has 5 heterocycles. The van der Waals surface area contributed by atoms with Gasteiger partial charge in [-0.3, -0.25) is 0 Å². The number of hydrogen-bond donors (Lipinski definition) is 0. The summed E-state index contributed by atoms with van der Waals surface area (Å²) >= 11 is 0. The predicted molar refractivity (Wildman–Crippen MR) is 117 cm³/mol. The molecule has 1 unspecified atom stereocenters. The van der Waals surface area contributed by atoms with Gasteiger partial charge in [0.1, 0.15) is 5.69 Å². The molecular formula is C25H33N3O5. The van der Waals surface area contributed by atoms with Crippen LogP contribution >= 0.6 is 0 Å². The minimum atomic E-state index is -0.775. The number of rotatable bonds is 5. The van der Waals surface area contributed by atoms with Crippen LogP contribution in [0.2, 0.25) is 0 Å². The lowest BCUT2D eigenvalue weighted by Crippen LogP contribution is -2.70. The van der Waals surface area contributed by atoms with Gasteiger partial charge in [-0.2, -0.15) is 0 Å². The molecule has 8 atom stereocenters. The maximum Gasteiger partial charge on any atom is 0.201 e. The van der Waals surface area contributed by atoms with Gasteiger partial charge in [-0.15, -0.1) is 5.10 Å². The first-order chi connectivity index (χ1) is 16.0. The van der Waals surface area contributed by atoms with E-state index in [1.165, 1.54) is 12.0 Å². The Morgan fingerprint density at radius 2 is 1.94 bits per heavy atom. The van der Waals surface area contributed by atoms with E-state index >= 15 is 0 Å². The average molecular weight is 456 g/mol. The third-order valence-corrected chi connectivity index (χ3v) is 8.27. The lowest BCUT2D eigenvalue weighted by atomic mass is 9.58. The Morgan fingerprint density at radius 1 is 1.09 bits per heavy atom. The van der Waals surface area contributed by atoms with Crippen LogP contribution in [0.15, 0.2) is 36.5 Å². The minimum absolute atomic E-state index is 0.144. The van der Waals surface area contributed by atoms with E-state index in [0.29, 0.717) is 25.0 Å². The zero-order chi connectivity index (χ0) is 22.6. The number of hydrogen-bond acceptors (Lipinski definition) is 7. The van der Waals surface area contributed by atoms with Crippen molar-refractivity contribution in [2.45, 2.75) is 83.6 Å². The number of aromatic nitrogens is 3. The Bertz CT molecular complexity index is 985. The van der Waals surface area contributed by atoms with Crippen molar-refractivity contribution < 1.29 is 24.0 Å². The maximum atomic E-state index is 6.48. The summed E-state index contributed by atoms with van der Waals surface area (Å²) in [6, 6.07) is 10.2. The molecule has 1 aliphatic carbocycles. The second-order valence-electron chi connectivity index (χ2n) is 10.5. The van der Waals surface area contributed by atoms with E-state index in [1.807, 2.05) is 36.0 Å². The quantitative estimate of drug-likeness (QED) is 0.630. The van der Waals surface area contributed by atoms with E-state index < -0.39 is 24.0 Å². The lowest BCUT2D eigenvalue weighted by molar-refractivity contribution is -0.577. The summed E-state index contributed by atoms with van der Waals surface area (Å²) in [6.07, 6.45) is 5.10. The summed E-state index contributed by atoms with van der Waals surface area (Å²) in [7, 11) is 0. The lowest BCUT2D eigenvalue weighted by Gasteiger charge is -2.60. The highest BCUT2D eigenvalue weighted by molar-refractivity contribution is 5.15. The molecule has 2 aromatic rings. The highest BCUT2D eigenvalue weighted by Crippen LogP contribution is 2.60. The second kappa shape index (κ2) is 8.13. The van der Waals surface area contributed by atoms with Crippen LogP contribution in [-0.2, 0) is 37.1 Å². The van der Waals surface area contributed by atoms with Gasteiger partial charge in [0.15, 0.2) is 18.2 Å².